The van der Waals surface area contributed by atoms with Crippen molar-refractivity contribution in [3.63, 3.8) is 0 Å². The van der Waals surface area contributed by atoms with E-state index in [1.54, 1.807) is 18.4 Å². The summed E-state index contributed by atoms with van der Waals surface area (Å²) >= 11 is 7.88. The molecule has 0 spiro atoms. The van der Waals surface area contributed by atoms with Crippen molar-refractivity contribution in [2.75, 3.05) is 12.4 Å². The Morgan fingerprint density at radius 2 is 2.14 bits per heavy atom. The van der Waals surface area contributed by atoms with Crippen molar-refractivity contribution in [3.05, 3.63) is 52.5 Å². The molecule has 0 unspecified atom stereocenters. The lowest BCUT2D eigenvalue weighted by atomic mass is 10.2. The van der Waals surface area contributed by atoms with Gasteiger partial charge in [0.15, 0.2) is 5.13 Å². The lowest BCUT2D eigenvalue weighted by Gasteiger charge is -2.10. The molecule has 0 atom stereocenters. The average Bonchev–Trinajstić information content (AvgIpc) is 2.87. The summed E-state index contributed by atoms with van der Waals surface area (Å²) in [7, 11) is 1.65. The molecule has 2 aromatic carbocycles. The molecule has 3 rings (SSSR count). The maximum Gasteiger partial charge on any atom is 0.184 e. The second kappa shape index (κ2) is 5.92. The number of rotatable bonds is 4. The lowest BCUT2D eigenvalue weighted by Crippen LogP contribution is -2.02. The zero-order chi connectivity index (χ0) is 14.8. The Hall–Kier alpha value is -1.78. The van der Waals surface area contributed by atoms with Gasteiger partial charge in [-0.05, 0) is 36.8 Å². The standard InChI is InChI=1S/C16H15ClN2OS/c1-10-6-7-15-13(8-10)19-16(21-15)18-9-11-12(17)4-3-5-14(11)20-2/h3-8H,9H2,1-2H3,(H,18,19). The van der Waals surface area contributed by atoms with E-state index in [0.717, 1.165) is 22.0 Å². The number of aromatic nitrogens is 1. The molecule has 1 heterocycles. The van der Waals surface area contributed by atoms with E-state index in [9.17, 15) is 0 Å². The van der Waals surface area contributed by atoms with Gasteiger partial charge < -0.3 is 10.1 Å². The molecule has 3 nitrogen and oxygen atoms in total. The van der Waals surface area contributed by atoms with Gasteiger partial charge >= 0.3 is 0 Å². The first kappa shape index (κ1) is 14.2. The van der Waals surface area contributed by atoms with E-state index in [1.807, 2.05) is 18.2 Å². The number of ether oxygens (including phenoxy) is 1. The molecule has 0 aliphatic heterocycles. The Morgan fingerprint density at radius 1 is 1.29 bits per heavy atom. The molecular weight excluding hydrogens is 304 g/mol. The summed E-state index contributed by atoms with van der Waals surface area (Å²) in [5.74, 6) is 0.784. The van der Waals surface area contributed by atoms with Crippen molar-refractivity contribution >= 4 is 38.3 Å². The van der Waals surface area contributed by atoms with Crippen molar-refractivity contribution < 1.29 is 4.74 Å². The Bertz CT molecular complexity index is 785. The molecular formula is C16H15ClN2OS. The van der Waals surface area contributed by atoms with Crippen molar-refractivity contribution in [2.45, 2.75) is 13.5 Å². The molecule has 0 bridgehead atoms. The van der Waals surface area contributed by atoms with Crippen LogP contribution in [0.2, 0.25) is 5.02 Å². The van der Waals surface area contributed by atoms with Crippen LogP contribution in [0.25, 0.3) is 10.2 Å². The van der Waals surface area contributed by atoms with E-state index in [4.69, 9.17) is 16.3 Å². The predicted octanol–water partition coefficient (Wildman–Crippen LogP) is 4.88. The number of methoxy groups -OCH3 is 1. The van der Waals surface area contributed by atoms with Crippen LogP contribution in [0.4, 0.5) is 5.13 Å². The first-order chi connectivity index (χ1) is 10.2. The van der Waals surface area contributed by atoms with Gasteiger partial charge in [0.05, 0.1) is 17.3 Å². The minimum Gasteiger partial charge on any atom is -0.496 e. The zero-order valence-electron chi connectivity index (χ0n) is 11.8. The monoisotopic (exact) mass is 318 g/mol. The lowest BCUT2D eigenvalue weighted by molar-refractivity contribution is 0.410. The molecule has 21 heavy (non-hydrogen) atoms. The van der Waals surface area contributed by atoms with Crippen LogP contribution in [0.3, 0.4) is 0 Å². The van der Waals surface area contributed by atoms with Crippen LogP contribution < -0.4 is 10.1 Å². The van der Waals surface area contributed by atoms with E-state index < -0.39 is 0 Å². The highest BCUT2D eigenvalue weighted by molar-refractivity contribution is 7.22. The van der Waals surface area contributed by atoms with Gasteiger partial charge in [-0.1, -0.05) is 35.1 Å². The summed E-state index contributed by atoms with van der Waals surface area (Å²) < 4.78 is 6.52. The highest BCUT2D eigenvalue weighted by atomic mass is 35.5. The number of nitrogens with zero attached hydrogens (tertiary/aromatic N) is 1. The maximum absolute atomic E-state index is 6.24. The van der Waals surface area contributed by atoms with Gasteiger partial charge in [0.25, 0.3) is 0 Å². The normalized spacial score (nSPS) is 10.8. The highest BCUT2D eigenvalue weighted by Gasteiger charge is 2.09. The van der Waals surface area contributed by atoms with Crippen molar-refractivity contribution in [2.24, 2.45) is 0 Å². The van der Waals surface area contributed by atoms with Gasteiger partial charge in [-0.3, -0.25) is 0 Å². The van der Waals surface area contributed by atoms with E-state index in [0.29, 0.717) is 11.6 Å². The van der Waals surface area contributed by atoms with Crippen LogP contribution in [0, 0.1) is 6.92 Å². The van der Waals surface area contributed by atoms with Crippen molar-refractivity contribution in [1.29, 1.82) is 0 Å². The summed E-state index contributed by atoms with van der Waals surface area (Å²) in [5, 5.41) is 4.91. The van der Waals surface area contributed by atoms with Crippen LogP contribution in [0.15, 0.2) is 36.4 Å². The van der Waals surface area contributed by atoms with E-state index in [1.165, 1.54) is 10.3 Å². The molecule has 0 fully saturated rings. The van der Waals surface area contributed by atoms with Gasteiger partial charge in [-0.15, -0.1) is 0 Å². The quantitative estimate of drug-likeness (QED) is 0.744. The topological polar surface area (TPSA) is 34.1 Å². The number of aryl methyl sites for hydroxylation is 1. The largest absolute Gasteiger partial charge is 0.496 e. The predicted molar refractivity (Wildman–Crippen MR) is 89.7 cm³/mol. The zero-order valence-corrected chi connectivity index (χ0v) is 13.4. The van der Waals surface area contributed by atoms with Gasteiger partial charge in [-0.2, -0.15) is 0 Å². The summed E-state index contributed by atoms with van der Waals surface area (Å²) in [6, 6.07) is 11.9. The average molecular weight is 319 g/mol. The Balaban J connectivity index is 1.83. The molecule has 0 saturated heterocycles. The van der Waals surface area contributed by atoms with Crippen molar-refractivity contribution in [1.82, 2.24) is 4.98 Å². The molecule has 108 valence electrons. The first-order valence-electron chi connectivity index (χ1n) is 6.60. The number of anilines is 1. The number of hydrogen-bond donors (Lipinski definition) is 1. The minimum atomic E-state index is 0.585. The molecule has 0 saturated carbocycles. The molecule has 1 aromatic heterocycles. The summed E-state index contributed by atoms with van der Waals surface area (Å²) in [6.07, 6.45) is 0. The molecule has 0 radical (unpaired) electrons. The number of fused-ring (bicyclic) bond motifs is 1. The third-order valence-corrected chi connectivity index (χ3v) is 4.60. The Kier molecular flexibility index (Phi) is 3.99. The second-order valence-corrected chi connectivity index (χ2v) is 6.20. The Morgan fingerprint density at radius 3 is 2.95 bits per heavy atom. The molecule has 0 amide bonds. The number of nitrogens with one attached hydrogen (secondary N) is 1. The van der Waals surface area contributed by atoms with Crippen LogP contribution >= 0.6 is 22.9 Å². The number of benzene rings is 2. The van der Waals surface area contributed by atoms with Gasteiger partial charge in [0.2, 0.25) is 0 Å². The molecule has 3 aromatic rings. The highest BCUT2D eigenvalue weighted by Crippen LogP contribution is 2.30. The van der Waals surface area contributed by atoms with Crippen LogP contribution in [-0.2, 0) is 6.54 Å². The summed E-state index contributed by atoms with van der Waals surface area (Å²) in [4.78, 5) is 4.60. The third kappa shape index (κ3) is 2.96. The number of halogens is 1. The SMILES string of the molecule is COc1cccc(Cl)c1CNc1nc2cc(C)ccc2s1. The molecule has 1 N–H and O–H groups in total. The minimum absolute atomic E-state index is 0.585. The van der Waals surface area contributed by atoms with Crippen LogP contribution in [0.5, 0.6) is 5.75 Å². The smallest absolute Gasteiger partial charge is 0.184 e. The third-order valence-electron chi connectivity index (χ3n) is 3.26. The number of thiazole rings is 1. The summed E-state index contributed by atoms with van der Waals surface area (Å²) in [5.41, 5.74) is 3.18. The second-order valence-electron chi connectivity index (χ2n) is 4.76. The van der Waals surface area contributed by atoms with Gasteiger partial charge in [0, 0.05) is 17.1 Å². The van der Waals surface area contributed by atoms with Crippen LogP contribution in [-0.4, -0.2) is 12.1 Å². The maximum atomic E-state index is 6.24. The van der Waals surface area contributed by atoms with E-state index >= 15 is 0 Å². The van der Waals surface area contributed by atoms with Crippen molar-refractivity contribution in [3.8, 4) is 5.75 Å². The molecule has 0 aliphatic carbocycles. The van der Waals surface area contributed by atoms with Crippen LogP contribution in [0.1, 0.15) is 11.1 Å². The fraction of sp³-hybridized carbons (Fsp3) is 0.188. The fourth-order valence-electron chi connectivity index (χ4n) is 2.18. The number of hydrogen-bond acceptors (Lipinski definition) is 4. The van der Waals surface area contributed by atoms with Gasteiger partial charge in [-0.25, -0.2) is 4.98 Å². The first-order valence-corrected chi connectivity index (χ1v) is 7.79. The Labute approximate surface area is 132 Å². The molecule has 5 heteroatoms. The van der Waals surface area contributed by atoms with E-state index in [-0.39, 0.29) is 0 Å². The van der Waals surface area contributed by atoms with Gasteiger partial charge in [0.1, 0.15) is 5.75 Å². The molecule has 0 aliphatic rings. The van der Waals surface area contributed by atoms with E-state index in [2.05, 4.69) is 35.4 Å². The summed E-state index contributed by atoms with van der Waals surface area (Å²) in [6.45, 7) is 2.65. The fourth-order valence-corrected chi connectivity index (χ4v) is 3.25.